The van der Waals surface area contributed by atoms with Crippen molar-refractivity contribution in [2.75, 3.05) is 46.2 Å². The summed E-state index contributed by atoms with van der Waals surface area (Å²) in [6.45, 7) is 3.12. The molecule has 0 amide bonds. The van der Waals surface area contributed by atoms with Crippen molar-refractivity contribution in [2.24, 2.45) is 7.05 Å². The second kappa shape index (κ2) is 7.38. The van der Waals surface area contributed by atoms with Crippen LogP contribution in [0.1, 0.15) is 18.5 Å². The van der Waals surface area contributed by atoms with Gasteiger partial charge in [-0.3, -0.25) is 0 Å². The lowest BCUT2D eigenvalue weighted by Crippen LogP contribution is -2.20. The molecule has 1 aromatic heterocycles. The molecule has 5 nitrogen and oxygen atoms in total. The van der Waals surface area contributed by atoms with Gasteiger partial charge in [0.2, 0.25) is 5.95 Å². The van der Waals surface area contributed by atoms with Gasteiger partial charge < -0.3 is 19.7 Å². The second-order valence-corrected chi connectivity index (χ2v) is 5.19. The van der Waals surface area contributed by atoms with Gasteiger partial charge in [-0.1, -0.05) is 0 Å². The van der Waals surface area contributed by atoms with E-state index in [1.54, 1.807) is 0 Å². The molecular weight excluding hydrogens is 226 g/mol. The average molecular weight is 253 g/mol. The van der Waals surface area contributed by atoms with Crippen LogP contribution in [0.15, 0.2) is 6.20 Å². The van der Waals surface area contributed by atoms with Crippen molar-refractivity contribution in [1.29, 1.82) is 0 Å². The van der Waals surface area contributed by atoms with E-state index >= 15 is 0 Å². The Morgan fingerprint density at radius 3 is 2.50 bits per heavy atom. The largest absolute Gasteiger partial charge is 0.348 e. The summed E-state index contributed by atoms with van der Waals surface area (Å²) < 4.78 is 2.13. The number of aromatic nitrogens is 2. The van der Waals surface area contributed by atoms with E-state index in [0.717, 1.165) is 25.6 Å². The maximum atomic E-state index is 4.40. The van der Waals surface area contributed by atoms with Crippen molar-refractivity contribution < 1.29 is 0 Å². The third-order valence-electron chi connectivity index (χ3n) is 2.97. The summed E-state index contributed by atoms with van der Waals surface area (Å²) >= 11 is 0. The van der Waals surface area contributed by atoms with E-state index in [0.29, 0.717) is 0 Å². The summed E-state index contributed by atoms with van der Waals surface area (Å²) in [5.74, 6) is 0.999. The highest BCUT2D eigenvalue weighted by Crippen LogP contribution is 2.10. The Hall–Kier alpha value is -1.07. The first kappa shape index (κ1) is 15.0. The van der Waals surface area contributed by atoms with Crippen LogP contribution in [0.3, 0.4) is 0 Å². The number of unbranched alkanes of at least 4 members (excludes halogenated alkanes) is 1. The molecule has 0 saturated carbocycles. The molecule has 1 heterocycles. The highest BCUT2D eigenvalue weighted by molar-refractivity contribution is 5.30. The summed E-state index contributed by atoms with van der Waals surface area (Å²) in [7, 11) is 10.3. The van der Waals surface area contributed by atoms with E-state index < -0.39 is 0 Å². The van der Waals surface area contributed by atoms with Crippen molar-refractivity contribution >= 4 is 5.95 Å². The maximum absolute atomic E-state index is 4.40. The van der Waals surface area contributed by atoms with Gasteiger partial charge in [0.05, 0.1) is 11.9 Å². The zero-order valence-corrected chi connectivity index (χ0v) is 12.4. The minimum atomic E-state index is 0.888. The standard InChI is InChI=1S/C13H27N5/c1-16(2)9-7-6-8-14-10-12-11-15-13(17(3)4)18(12)5/h11,14H,6-10H2,1-5H3. The SMILES string of the molecule is CN(C)CCCCNCc1cnc(N(C)C)n1C. The summed E-state index contributed by atoms with van der Waals surface area (Å²) in [5.41, 5.74) is 1.23. The Labute approximate surface area is 111 Å². The van der Waals surface area contributed by atoms with E-state index in [1.165, 1.54) is 18.5 Å². The number of rotatable bonds is 8. The van der Waals surface area contributed by atoms with Crippen LogP contribution in [-0.2, 0) is 13.6 Å². The molecule has 0 atom stereocenters. The van der Waals surface area contributed by atoms with Crippen LogP contribution in [0.5, 0.6) is 0 Å². The molecule has 0 unspecified atom stereocenters. The summed E-state index contributed by atoms with van der Waals surface area (Å²) in [6.07, 6.45) is 4.41. The maximum Gasteiger partial charge on any atom is 0.204 e. The number of nitrogens with zero attached hydrogens (tertiary/aromatic N) is 4. The first-order valence-corrected chi connectivity index (χ1v) is 6.55. The summed E-state index contributed by atoms with van der Waals surface area (Å²) in [6, 6.07) is 0. The quantitative estimate of drug-likeness (QED) is 0.699. The highest BCUT2D eigenvalue weighted by atomic mass is 15.3. The molecule has 1 N–H and O–H groups in total. The molecule has 1 rings (SSSR count). The van der Waals surface area contributed by atoms with Crippen LogP contribution in [0.2, 0.25) is 0 Å². The zero-order chi connectivity index (χ0) is 13.5. The first-order chi connectivity index (χ1) is 8.52. The topological polar surface area (TPSA) is 36.3 Å². The van der Waals surface area contributed by atoms with Crippen LogP contribution in [0.4, 0.5) is 5.95 Å². The number of hydrogen-bond acceptors (Lipinski definition) is 4. The normalized spacial score (nSPS) is 11.2. The number of hydrogen-bond donors (Lipinski definition) is 1. The Morgan fingerprint density at radius 1 is 1.22 bits per heavy atom. The van der Waals surface area contributed by atoms with E-state index in [1.807, 2.05) is 25.2 Å². The lowest BCUT2D eigenvalue weighted by Gasteiger charge is -2.13. The van der Waals surface area contributed by atoms with Gasteiger partial charge in [-0.05, 0) is 40.0 Å². The molecular formula is C13H27N5. The molecule has 0 aliphatic rings. The Balaban J connectivity index is 2.23. The first-order valence-electron chi connectivity index (χ1n) is 6.55. The summed E-state index contributed by atoms with van der Waals surface area (Å²) in [4.78, 5) is 8.65. The van der Waals surface area contributed by atoms with E-state index in [-0.39, 0.29) is 0 Å². The molecule has 0 aliphatic heterocycles. The molecule has 0 bridgehead atoms. The second-order valence-electron chi connectivity index (χ2n) is 5.19. The van der Waals surface area contributed by atoms with Crippen molar-refractivity contribution in [2.45, 2.75) is 19.4 Å². The molecule has 1 aromatic rings. The Kier molecular flexibility index (Phi) is 6.15. The Bertz CT molecular complexity index is 343. The van der Waals surface area contributed by atoms with E-state index in [2.05, 4.69) is 40.9 Å². The van der Waals surface area contributed by atoms with Crippen LogP contribution >= 0.6 is 0 Å². The minimum Gasteiger partial charge on any atom is -0.348 e. The average Bonchev–Trinajstić information content (AvgIpc) is 2.65. The van der Waals surface area contributed by atoms with Gasteiger partial charge in [0.25, 0.3) is 0 Å². The van der Waals surface area contributed by atoms with Gasteiger partial charge in [0.15, 0.2) is 0 Å². The number of imidazole rings is 1. The monoisotopic (exact) mass is 253 g/mol. The fourth-order valence-corrected chi connectivity index (χ4v) is 1.91. The van der Waals surface area contributed by atoms with Crippen LogP contribution in [0, 0.1) is 0 Å². The third kappa shape index (κ3) is 4.66. The minimum absolute atomic E-state index is 0.888. The van der Waals surface area contributed by atoms with Crippen LogP contribution in [0.25, 0.3) is 0 Å². The van der Waals surface area contributed by atoms with Crippen LogP contribution < -0.4 is 10.2 Å². The van der Waals surface area contributed by atoms with Gasteiger partial charge in [0.1, 0.15) is 0 Å². The molecule has 18 heavy (non-hydrogen) atoms. The Morgan fingerprint density at radius 2 is 1.94 bits per heavy atom. The molecule has 0 spiro atoms. The molecule has 0 fully saturated rings. The fourth-order valence-electron chi connectivity index (χ4n) is 1.91. The van der Waals surface area contributed by atoms with E-state index in [4.69, 9.17) is 0 Å². The predicted octanol–water partition coefficient (Wildman–Crippen LogP) is 0.917. The molecule has 104 valence electrons. The van der Waals surface area contributed by atoms with Crippen molar-refractivity contribution in [3.05, 3.63) is 11.9 Å². The highest BCUT2D eigenvalue weighted by Gasteiger charge is 2.06. The van der Waals surface area contributed by atoms with Gasteiger partial charge in [-0.15, -0.1) is 0 Å². The smallest absolute Gasteiger partial charge is 0.204 e. The number of nitrogens with one attached hydrogen (secondary N) is 1. The fraction of sp³-hybridized carbons (Fsp3) is 0.769. The van der Waals surface area contributed by atoms with Crippen molar-refractivity contribution in [3.8, 4) is 0 Å². The zero-order valence-electron chi connectivity index (χ0n) is 12.4. The van der Waals surface area contributed by atoms with Crippen LogP contribution in [-0.4, -0.2) is 55.7 Å². The molecule has 5 heteroatoms. The van der Waals surface area contributed by atoms with Crippen molar-refractivity contribution in [3.63, 3.8) is 0 Å². The molecule has 0 aromatic carbocycles. The van der Waals surface area contributed by atoms with Gasteiger partial charge in [-0.2, -0.15) is 0 Å². The van der Waals surface area contributed by atoms with E-state index in [9.17, 15) is 0 Å². The van der Waals surface area contributed by atoms with Gasteiger partial charge >= 0.3 is 0 Å². The molecule has 0 aliphatic carbocycles. The predicted molar refractivity (Wildman–Crippen MR) is 77.0 cm³/mol. The lowest BCUT2D eigenvalue weighted by atomic mass is 10.3. The third-order valence-corrected chi connectivity index (χ3v) is 2.97. The van der Waals surface area contributed by atoms with Gasteiger partial charge in [0, 0.05) is 27.7 Å². The molecule has 0 saturated heterocycles. The lowest BCUT2D eigenvalue weighted by molar-refractivity contribution is 0.391. The van der Waals surface area contributed by atoms with Crippen molar-refractivity contribution in [1.82, 2.24) is 19.8 Å². The summed E-state index contributed by atoms with van der Waals surface area (Å²) in [5, 5.41) is 3.47. The van der Waals surface area contributed by atoms with Gasteiger partial charge in [-0.25, -0.2) is 4.98 Å². The number of anilines is 1. The molecule has 0 radical (unpaired) electrons.